The summed E-state index contributed by atoms with van der Waals surface area (Å²) in [6, 6.07) is 8.27. The van der Waals surface area contributed by atoms with Gasteiger partial charge in [0.05, 0.1) is 11.5 Å². The van der Waals surface area contributed by atoms with E-state index in [0.29, 0.717) is 6.04 Å². The van der Waals surface area contributed by atoms with Crippen LogP contribution in [0.3, 0.4) is 0 Å². The third-order valence-electron chi connectivity index (χ3n) is 3.53. The van der Waals surface area contributed by atoms with E-state index in [1.54, 1.807) is 0 Å². The fraction of sp³-hybridized carbons (Fsp3) is 0.538. The number of hydrogen-bond acceptors (Lipinski definition) is 4. The second-order valence-corrected chi connectivity index (χ2v) is 7.16. The van der Waals surface area contributed by atoms with Gasteiger partial charge in [0.2, 0.25) is 0 Å². The molecule has 2 fully saturated rings. The lowest BCUT2D eigenvalue weighted by Crippen LogP contribution is -2.45. The van der Waals surface area contributed by atoms with E-state index in [1.807, 2.05) is 18.2 Å². The summed E-state index contributed by atoms with van der Waals surface area (Å²) in [5.41, 5.74) is 1.15. The number of ether oxygens (including phenoxy) is 1. The molecule has 1 atom stereocenters. The van der Waals surface area contributed by atoms with Crippen molar-refractivity contribution in [1.29, 1.82) is 0 Å². The highest BCUT2D eigenvalue weighted by Gasteiger charge is 2.35. The van der Waals surface area contributed by atoms with Gasteiger partial charge in [0, 0.05) is 11.6 Å². The van der Waals surface area contributed by atoms with Gasteiger partial charge in [-0.15, -0.1) is 0 Å². The molecule has 2 aliphatic heterocycles. The Labute approximate surface area is 107 Å². The van der Waals surface area contributed by atoms with E-state index in [2.05, 4.69) is 11.4 Å². The molecule has 0 saturated carbocycles. The first-order valence-electron chi connectivity index (χ1n) is 6.33. The predicted molar refractivity (Wildman–Crippen MR) is 69.5 cm³/mol. The molecule has 0 radical (unpaired) electrons. The minimum Gasteiger partial charge on any atom is -0.488 e. The molecule has 1 aromatic rings. The number of para-hydroxylation sites is 1. The molecule has 98 valence electrons. The van der Waals surface area contributed by atoms with Gasteiger partial charge in [0.15, 0.2) is 9.84 Å². The highest BCUT2D eigenvalue weighted by atomic mass is 32.2. The van der Waals surface area contributed by atoms with Crippen LogP contribution in [0.5, 0.6) is 5.75 Å². The third-order valence-corrected chi connectivity index (χ3v) is 5.29. The van der Waals surface area contributed by atoms with Crippen LogP contribution in [0.2, 0.25) is 0 Å². The summed E-state index contributed by atoms with van der Waals surface area (Å²) < 4.78 is 28.1. The van der Waals surface area contributed by atoms with Crippen LogP contribution in [-0.4, -0.2) is 32.6 Å². The van der Waals surface area contributed by atoms with E-state index in [-0.39, 0.29) is 17.6 Å². The Hall–Kier alpha value is -1.07. The summed E-state index contributed by atoms with van der Waals surface area (Å²) >= 11 is 0. The number of benzene rings is 1. The smallest absolute Gasteiger partial charge is 0.157 e. The predicted octanol–water partition coefficient (Wildman–Crippen LogP) is 1.29. The maximum Gasteiger partial charge on any atom is 0.157 e. The lowest BCUT2D eigenvalue weighted by atomic mass is 10.0. The molecule has 0 amide bonds. The van der Waals surface area contributed by atoms with E-state index in [9.17, 15) is 8.42 Å². The largest absolute Gasteiger partial charge is 0.488 e. The van der Waals surface area contributed by atoms with Crippen molar-refractivity contribution in [2.75, 3.05) is 18.1 Å². The first-order valence-corrected chi connectivity index (χ1v) is 8.15. The molecule has 0 aliphatic carbocycles. The molecule has 0 bridgehead atoms. The van der Waals surface area contributed by atoms with Crippen LogP contribution in [0.1, 0.15) is 24.4 Å². The number of rotatable bonds is 3. The van der Waals surface area contributed by atoms with Gasteiger partial charge in [-0.25, -0.2) is 8.42 Å². The number of nitrogens with one attached hydrogen (secondary N) is 1. The molecule has 2 saturated heterocycles. The van der Waals surface area contributed by atoms with Crippen LogP contribution in [0.15, 0.2) is 24.3 Å². The van der Waals surface area contributed by atoms with E-state index < -0.39 is 9.84 Å². The van der Waals surface area contributed by atoms with Gasteiger partial charge in [0.25, 0.3) is 0 Å². The summed E-state index contributed by atoms with van der Waals surface area (Å²) in [6.45, 7) is 1.04. The average Bonchev–Trinajstić information content (AvgIpc) is 2.80. The quantitative estimate of drug-likeness (QED) is 0.896. The van der Waals surface area contributed by atoms with Gasteiger partial charge < -0.3 is 10.1 Å². The van der Waals surface area contributed by atoms with Crippen LogP contribution in [0.4, 0.5) is 0 Å². The van der Waals surface area contributed by atoms with Gasteiger partial charge >= 0.3 is 0 Å². The Morgan fingerprint density at radius 2 is 2.00 bits per heavy atom. The fourth-order valence-electron chi connectivity index (χ4n) is 2.59. The Balaban J connectivity index is 1.75. The SMILES string of the molecule is O=S1(=O)CC(Oc2ccccc2C2CCCN2)C1. The molecule has 2 heterocycles. The van der Waals surface area contributed by atoms with E-state index in [0.717, 1.165) is 24.3 Å². The molecule has 1 unspecified atom stereocenters. The lowest BCUT2D eigenvalue weighted by Gasteiger charge is -2.28. The minimum atomic E-state index is -2.82. The van der Waals surface area contributed by atoms with E-state index >= 15 is 0 Å². The monoisotopic (exact) mass is 267 g/mol. The number of hydrogen-bond donors (Lipinski definition) is 1. The highest BCUT2D eigenvalue weighted by Crippen LogP contribution is 2.32. The van der Waals surface area contributed by atoms with Crippen LogP contribution < -0.4 is 10.1 Å². The Bertz CT molecular complexity index is 523. The molecule has 0 aromatic heterocycles. The van der Waals surface area contributed by atoms with Crippen LogP contribution >= 0.6 is 0 Å². The van der Waals surface area contributed by atoms with Crippen LogP contribution in [0.25, 0.3) is 0 Å². The van der Waals surface area contributed by atoms with Crippen molar-refractivity contribution in [2.45, 2.75) is 25.0 Å². The van der Waals surface area contributed by atoms with Gasteiger partial charge in [-0.3, -0.25) is 0 Å². The molecular formula is C13H17NO3S. The molecular weight excluding hydrogens is 250 g/mol. The Kier molecular flexibility index (Phi) is 3.03. The normalized spacial score (nSPS) is 26.8. The molecule has 5 heteroatoms. The van der Waals surface area contributed by atoms with Crippen LogP contribution in [-0.2, 0) is 9.84 Å². The standard InChI is InChI=1S/C13H17NO3S/c15-18(16)8-10(9-18)17-13-6-2-1-4-11(13)12-5-3-7-14-12/h1-2,4,6,10,12,14H,3,5,7-9H2. The summed E-state index contributed by atoms with van der Waals surface area (Å²) in [6.07, 6.45) is 2.12. The summed E-state index contributed by atoms with van der Waals surface area (Å²) in [5.74, 6) is 1.13. The maximum absolute atomic E-state index is 11.1. The maximum atomic E-state index is 11.1. The highest BCUT2D eigenvalue weighted by molar-refractivity contribution is 7.92. The number of sulfone groups is 1. The van der Waals surface area contributed by atoms with Crippen molar-refractivity contribution >= 4 is 9.84 Å². The second kappa shape index (κ2) is 4.55. The summed E-state index contributed by atoms with van der Waals surface area (Å²) in [7, 11) is -2.82. The molecule has 1 aromatic carbocycles. The zero-order chi connectivity index (χ0) is 12.6. The van der Waals surface area contributed by atoms with E-state index in [4.69, 9.17) is 4.74 Å². The lowest BCUT2D eigenvalue weighted by molar-refractivity contribution is 0.226. The van der Waals surface area contributed by atoms with E-state index in [1.165, 1.54) is 6.42 Å². The van der Waals surface area contributed by atoms with Gasteiger partial charge in [0.1, 0.15) is 11.9 Å². The van der Waals surface area contributed by atoms with Crippen LogP contribution in [0, 0.1) is 0 Å². The van der Waals surface area contributed by atoms with Gasteiger partial charge in [-0.1, -0.05) is 18.2 Å². The first kappa shape index (κ1) is 12.0. The van der Waals surface area contributed by atoms with Crippen molar-refractivity contribution in [1.82, 2.24) is 5.32 Å². The minimum absolute atomic E-state index is 0.152. The van der Waals surface area contributed by atoms with Gasteiger partial charge in [-0.2, -0.15) is 0 Å². The zero-order valence-corrected chi connectivity index (χ0v) is 10.9. The average molecular weight is 267 g/mol. The molecule has 2 aliphatic rings. The third kappa shape index (κ3) is 2.37. The van der Waals surface area contributed by atoms with Crippen molar-refractivity contribution < 1.29 is 13.2 Å². The zero-order valence-electron chi connectivity index (χ0n) is 10.1. The topological polar surface area (TPSA) is 55.4 Å². The first-order chi connectivity index (χ1) is 8.64. The Morgan fingerprint density at radius 1 is 1.22 bits per heavy atom. The molecule has 1 N–H and O–H groups in total. The van der Waals surface area contributed by atoms with Crippen molar-refractivity contribution in [3.8, 4) is 5.75 Å². The van der Waals surface area contributed by atoms with Crippen molar-refractivity contribution in [3.63, 3.8) is 0 Å². The second-order valence-electron chi connectivity index (χ2n) is 5.00. The molecule has 0 spiro atoms. The molecule has 18 heavy (non-hydrogen) atoms. The Morgan fingerprint density at radius 3 is 2.67 bits per heavy atom. The summed E-state index contributed by atoms with van der Waals surface area (Å²) in [4.78, 5) is 0. The molecule has 3 rings (SSSR count). The van der Waals surface area contributed by atoms with Crippen molar-refractivity contribution in [2.24, 2.45) is 0 Å². The van der Waals surface area contributed by atoms with Crippen molar-refractivity contribution in [3.05, 3.63) is 29.8 Å². The van der Waals surface area contributed by atoms with Gasteiger partial charge in [-0.05, 0) is 25.5 Å². The summed E-state index contributed by atoms with van der Waals surface area (Å²) in [5, 5.41) is 3.44. The molecule has 4 nitrogen and oxygen atoms in total. The fourth-order valence-corrected chi connectivity index (χ4v) is 3.76.